The summed E-state index contributed by atoms with van der Waals surface area (Å²) in [6, 6.07) is 9.08. The lowest BCUT2D eigenvalue weighted by atomic mass is 9.90. The Bertz CT molecular complexity index is 1710. The summed E-state index contributed by atoms with van der Waals surface area (Å²) in [6.45, 7) is 0.948. The van der Waals surface area contributed by atoms with Crippen LogP contribution in [0.3, 0.4) is 0 Å². The number of halogens is 3. The maximum Gasteiger partial charge on any atom is 0.421 e. The van der Waals surface area contributed by atoms with Crippen molar-refractivity contribution in [1.82, 2.24) is 35.2 Å². The van der Waals surface area contributed by atoms with E-state index in [2.05, 4.69) is 40.5 Å². The first kappa shape index (κ1) is 34.7. The van der Waals surface area contributed by atoms with Gasteiger partial charge < -0.3 is 25.4 Å². The molecule has 264 valence electrons. The Morgan fingerprint density at radius 2 is 1.60 bits per heavy atom. The molecule has 2 amide bonds. The number of nitrogens with one attached hydrogen (secondary N) is 2. The zero-order valence-corrected chi connectivity index (χ0v) is 27.6. The number of methoxy groups -OCH3 is 1. The second-order valence-corrected chi connectivity index (χ2v) is 12.4. The van der Waals surface area contributed by atoms with E-state index in [1.54, 1.807) is 34.6 Å². The van der Waals surface area contributed by atoms with Gasteiger partial charge in [0.25, 0.3) is 0 Å². The predicted octanol–water partition coefficient (Wildman–Crippen LogP) is 5.24. The van der Waals surface area contributed by atoms with Gasteiger partial charge in [0, 0.05) is 73.8 Å². The molecular formula is C34H39F3N10O3. The van der Waals surface area contributed by atoms with Crippen LogP contribution in [0.2, 0.25) is 0 Å². The molecule has 0 radical (unpaired) electrons. The van der Waals surface area contributed by atoms with Gasteiger partial charge in [-0.3, -0.25) is 4.90 Å². The molecule has 2 aliphatic rings. The summed E-state index contributed by atoms with van der Waals surface area (Å²) < 4.78 is 46.9. The van der Waals surface area contributed by atoms with E-state index >= 15 is 0 Å². The maximum absolute atomic E-state index is 13.9. The molecule has 1 aliphatic carbocycles. The number of alkyl halides is 3. The molecule has 3 aromatic heterocycles. The third-order valence-electron chi connectivity index (χ3n) is 8.97. The lowest BCUT2D eigenvalue weighted by Crippen LogP contribution is -2.49. The Balaban J connectivity index is 1.16. The first-order valence-corrected chi connectivity index (χ1v) is 16.6. The maximum atomic E-state index is 13.9. The molecule has 1 atom stereocenters. The number of hydrogen-bond acceptors (Lipinski definition) is 11. The van der Waals surface area contributed by atoms with Gasteiger partial charge in [-0.15, -0.1) is 0 Å². The highest BCUT2D eigenvalue weighted by Gasteiger charge is 2.38. The molecule has 50 heavy (non-hydrogen) atoms. The third-order valence-corrected chi connectivity index (χ3v) is 8.97. The fourth-order valence-electron chi connectivity index (χ4n) is 6.28. The van der Waals surface area contributed by atoms with Crippen molar-refractivity contribution >= 4 is 23.7 Å². The number of nitrogens with zero attached hydrogens (tertiary/aromatic N) is 8. The van der Waals surface area contributed by atoms with E-state index < -0.39 is 17.8 Å². The van der Waals surface area contributed by atoms with Crippen LogP contribution in [0.1, 0.15) is 56.1 Å². The van der Waals surface area contributed by atoms with Crippen molar-refractivity contribution in [1.29, 1.82) is 0 Å². The highest BCUT2D eigenvalue weighted by atomic mass is 19.4. The van der Waals surface area contributed by atoms with E-state index in [0.717, 1.165) is 11.8 Å². The van der Waals surface area contributed by atoms with Crippen molar-refractivity contribution in [2.75, 3.05) is 35.3 Å². The van der Waals surface area contributed by atoms with Crippen molar-refractivity contribution in [2.24, 2.45) is 0 Å². The molecule has 16 heteroatoms. The Kier molecular flexibility index (Phi) is 10.8. The minimum absolute atomic E-state index is 0.111. The number of carbonyl (C=O) groups excluding carboxylic acids is 1. The molecule has 3 N–H and O–H groups in total. The summed E-state index contributed by atoms with van der Waals surface area (Å²) in [5.41, 5.74) is 1.40. The van der Waals surface area contributed by atoms with E-state index in [1.807, 2.05) is 30.3 Å². The number of hydrogen-bond donors (Lipinski definition) is 3. The minimum atomic E-state index is -4.62. The Hall–Kier alpha value is -5.12. The van der Waals surface area contributed by atoms with Crippen LogP contribution in [0, 0.1) is 0 Å². The summed E-state index contributed by atoms with van der Waals surface area (Å²) in [5.74, 6) is 0.171. The largest absolute Gasteiger partial charge is 0.467 e. The quantitative estimate of drug-likeness (QED) is 0.211. The molecule has 1 aromatic carbocycles. The van der Waals surface area contributed by atoms with E-state index in [4.69, 9.17) is 4.74 Å². The van der Waals surface area contributed by atoms with Gasteiger partial charge in [0.1, 0.15) is 11.4 Å². The SMILES string of the molecule is COc1ncc(-c2cnc(N(C(=O)NCc3ccccc3)C3CCC(Nc4ncc(C(F)(F)F)c(N5CCCC(O)CC5)n4)CC3)nc2)cn1. The number of anilines is 3. The molecular weight excluding hydrogens is 653 g/mol. The Morgan fingerprint density at radius 3 is 2.26 bits per heavy atom. The first-order valence-electron chi connectivity index (χ1n) is 16.6. The lowest BCUT2D eigenvalue weighted by molar-refractivity contribution is -0.137. The smallest absolute Gasteiger partial charge is 0.421 e. The van der Waals surface area contributed by atoms with Crippen LogP contribution >= 0.6 is 0 Å². The molecule has 1 saturated carbocycles. The average molecular weight is 693 g/mol. The molecule has 1 unspecified atom stereocenters. The number of amides is 2. The van der Waals surface area contributed by atoms with Crippen molar-refractivity contribution < 1.29 is 27.8 Å². The molecule has 0 bridgehead atoms. The monoisotopic (exact) mass is 692 g/mol. The van der Waals surface area contributed by atoms with Crippen molar-refractivity contribution in [3.8, 4) is 17.1 Å². The fourth-order valence-corrected chi connectivity index (χ4v) is 6.28. The van der Waals surface area contributed by atoms with Crippen LogP contribution in [0.25, 0.3) is 11.1 Å². The normalized spacial score (nSPS) is 19.7. The zero-order valence-electron chi connectivity index (χ0n) is 27.6. The van der Waals surface area contributed by atoms with Gasteiger partial charge in [-0.2, -0.15) is 18.2 Å². The van der Waals surface area contributed by atoms with Gasteiger partial charge in [0.15, 0.2) is 0 Å². The molecule has 4 heterocycles. The average Bonchev–Trinajstić information content (AvgIpc) is 3.36. The third kappa shape index (κ3) is 8.53. The van der Waals surface area contributed by atoms with Crippen molar-refractivity contribution in [3.63, 3.8) is 0 Å². The number of urea groups is 1. The van der Waals surface area contributed by atoms with Gasteiger partial charge >= 0.3 is 18.2 Å². The number of benzene rings is 1. The summed E-state index contributed by atoms with van der Waals surface area (Å²) in [4.78, 5) is 42.6. The summed E-state index contributed by atoms with van der Waals surface area (Å²) >= 11 is 0. The molecule has 1 saturated heterocycles. The number of rotatable bonds is 9. The van der Waals surface area contributed by atoms with E-state index in [-0.39, 0.29) is 48.4 Å². The number of aromatic nitrogens is 6. The van der Waals surface area contributed by atoms with Crippen LogP contribution in [0.4, 0.5) is 35.7 Å². The Labute approximate surface area is 287 Å². The topological polar surface area (TPSA) is 154 Å². The van der Waals surface area contributed by atoms with Crippen LogP contribution in [0.15, 0.2) is 61.3 Å². The molecule has 0 spiro atoms. The van der Waals surface area contributed by atoms with Gasteiger partial charge in [0.05, 0.1) is 13.2 Å². The second kappa shape index (κ2) is 15.6. The fraction of sp³-hybridized carbons (Fsp3) is 0.441. The molecule has 1 aliphatic heterocycles. The summed E-state index contributed by atoms with van der Waals surface area (Å²) in [6.07, 6.45) is 5.91. The van der Waals surface area contributed by atoms with E-state index in [0.29, 0.717) is 69.2 Å². The summed E-state index contributed by atoms with van der Waals surface area (Å²) in [5, 5.41) is 16.3. The number of aliphatic hydroxyl groups excluding tert-OH is 1. The van der Waals surface area contributed by atoms with Gasteiger partial charge in [-0.25, -0.2) is 29.7 Å². The minimum Gasteiger partial charge on any atom is -0.467 e. The van der Waals surface area contributed by atoms with Crippen LogP contribution in [-0.2, 0) is 12.7 Å². The molecule has 6 rings (SSSR count). The predicted molar refractivity (Wildman–Crippen MR) is 180 cm³/mol. The van der Waals surface area contributed by atoms with Crippen LogP contribution < -0.4 is 25.2 Å². The van der Waals surface area contributed by atoms with Crippen molar-refractivity contribution in [2.45, 2.75) is 75.9 Å². The molecule has 13 nitrogen and oxygen atoms in total. The highest BCUT2D eigenvalue weighted by Crippen LogP contribution is 2.37. The van der Waals surface area contributed by atoms with E-state index in [9.17, 15) is 23.1 Å². The lowest BCUT2D eigenvalue weighted by Gasteiger charge is -2.36. The second-order valence-electron chi connectivity index (χ2n) is 12.4. The first-order chi connectivity index (χ1) is 24.2. The number of aliphatic hydroxyl groups is 1. The molecule has 2 fully saturated rings. The van der Waals surface area contributed by atoms with Gasteiger partial charge in [0.2, 0.25) is 11.9 Å². The number of carbonyl (C=O) groups is 1. The summed E-state index contributed by atoms with van der Waals surface area (Å²) in [7, 11) is 1.48. The van der Waals surface area contributed by atoms with Crippen LogP contribution in [0.5, 0.6) is 6.01 Å². The standard InChI is InChI=1S/C34H39F3N10O3/c1-50-32-41-19-24(20-42-32)23-17-39-31(40-18-23)47(33(49)43-16-22-6-3-2-4-7-22)26-11-9-25(10-12-26)44-30-38-21-28(34(35,36)37)29(45-30)46-14-5-8-27(48)13-15-46/h2-4,6-7,17-21,25-27,48H,5,8-16H2,1H3,(H,43,49)(H,38,44,45). The van der Waals surface area contributed by atoms with Crippen molar-refractivity contribution in [3.05, 3.63) is 72.4 Å². The Morgan fingerprint density at radius 1 is 0.920 bits per heavy atom. The van der Waals surface area contributed by atoms with Gasteiger partial charge in [-0.05, 0) is 50.5 Å². The highest BCUT2D eigenvalue weighted by molar-refractivity contribution is 5.90. The molecule has 4 aromatic rings. The van der Waals surface area contributed by atoms with E-state index in [1.165, 1.54) is 7.11 Å². The van der Waals surface area contributed by atoms with Gasteiger partial charge in [-0.1, -0.05) is 30.3 Å². The number of ether oxygens (including phenoxy) is 1. The van der Waals surface area contributed by atoms with Crippen LogP contribution in [-0.4, -0.2) is 79.4 Å². The zero-order chi connectivity index (χ0) is 35.1.